The van der Waals surface area contributed by atoms with Crippen molar-refractivity contribution < 1.29 is 0 Å². The number of nitrogens with one attached hydrogen (secondary N) is 1. The maximum Gasteiger partial charge on any atom is 0.250 e. The molecule has 2 aromatic heterocycles. The zero-order valence-electron chi connectivity index (χ0n) is 8.71. The third-order valence-electron chi connectivity index (χ3n) is 2.26. The minimum absolute atomic E-state index is 0.397. The molecule has 0 saturated carbocycles. The Morgan fingerprint density at radius 3 is 2.65 bits per heavy atom. The van der Waals surface area contributed by atoms with Gasteiger partial charge in [-0.05, 0) is 24.3 Å². The van der Waals surface area contributed by atoms with Crippen LogP contribution in [0, 0.1) is 0 Å². The lowest BCUT2D eigenvalue weighted by atomic mass is 10.3. The molecule has 3 rings (SSSR count). The Kier molecular flexibility index (Phi) is 2.38. The van der Waals surface area contributed by atoms with Crippen LogP contribution in [0.4, 0.5) is 11.6 Å². The Bertz CT molecular complexity index is 649. The number of rotatable bonds is 2. The normalized spacial score (nSPS) is 10.6. The monoisotopic (exact) mass is 245 g/mol. The fourth-order valence-corrected chi connectivity index (χ4v) is 1.63. The average Bonchev–Trinajstić information content (AvgIpc) is 2.73. The van der Waals surface area contributed by atoms with Crippen molar-refractivity contribution in [2.75, 3.05) is 5.32 Å². The van der Waals surface area contributed by atoms with E-state index in [1.54, 1.807) is 16.6 Å². The number of anilines is 2. The Balaban J connectivity index is 2.03. The van der Waals surface area contributed by atoms with E-state index in [0.717, 1.165) is 5.69 Å². The first kappa shape index (κ1) is 10.0. The van der Waals surface area contributed by atoms with Gasteiger partial charge in [-0.25, -0.2) is 0 Å². The van der Waals surface area contributed by atoms with Crippen LogP contribution in [-0.4, -0.2) is 19.8 Å². The molecule has 2 heterocycles. The molecular formula is C11H8ClN5. The molecule has 0 aliphatic rings. The van der Waals surface area contributed by atoms with Gasteiger partial charge in [0.15, 0.2) is 5.65 Å². The van der Waals surface area contributed by atoms with Crippen molar-refractivity contribution in [3.63, 3.8) is 0 Å². The Morgan fingerprint density at radius 2 is 1.82 bits per heavy atom. The summed E-state index contributed by atoms with van der Waals surface area (Å²) in [5.41, 5.74) is 1.57. The Hall–Kier alpha value is -2.14. The summed E-state index contributed by atoms with van der Waals surface area (Å²) in [5, 5.41) is 15.6. The lowest BCUT2D eigenvalue weighted by Crippen LogP contribution is -1.99. The molecule has 0 amide bonds. The van der Waals surface area contributed by atoms with Crippen molar-refractivity contribution in [2.24, 2.45) is 0 Å². The number of fused-ring (bicyclic) bond motifs is 1. The summed E-state index contributed by atoms with van der Waals surface area (Å²) in [5.74, 6) is 0.536. The summed E-state index contributed by atoms with van der Waals surface area (Å²) in [4.78, 5) is 0. The van der Waals surface area contributed by atoms with E-state index in [-0.39, 0.29) is 0 Å². The van der Waals surface area contributed by atoms with Crippen LogP contribution in [-0.2, 0) is 0 Å². The molecule has 0 saturated heterocycles. The third kappa shape index (κ3) is 1.92. The van der Waals surface area contributed by atoms with E-state index in [4.69, 9.17) is 11.6 Å². The summed E-state index contributed by atoms with van der Waals surface area (Å²) in [6, 6.07) is 13.1. The van der Waals surface area contributed by atoms with Gasteiger partial charge in [0.25, 0.3) is 0 Å². The van der Waals surface area contributed by atoms with Crippen molar-refractivity contribution in [3.8, 4) is 0 Å². The van der Waals surface area contributed by atoms with Gasteiger partial charge >= 0.3 is 0 Å². The van der Waals surface area contributed by atoms with Crippen LogP contribution < -0.4 is 5.32 Å². The Labute approximate surface area is 102 Å². The van der Waals surface area contributed by atoms with Gasteiger partial charge in [-0.15, -0.1) is 10.2 Å². The molecule has 0 spiro atoms. The van der Waals surface area contributed by atoms with Crippen LogP contribution >= 0.6 is 11.6 Å². The number of hydrogen-bond acceptors (Lipinski definition) is 4. The second-order valence-corrected chi connectivity index (χ2v) is 3.83. The predicted molar refractivity (Wildman–Crippen MR) is 65.5 cm³/mol. The van der Waals surface area contributed by atoms with Crippen LogP contribution in [0.25, 0.3) is 5.65 Å². The van der Waals surface area contributed by atoms with E-state index in [1.165, 1.54) is 0 Å². The highest BCUT2D eigenvalue weighted by atomic mass is 35.5. The molecule has 5 nitrogen and oxygen atoms in total. The third-order valence-corrected chi connectivity index (χ3v) is 2.46. The van der Waals surface area contributed by atoms with Gasteiger partial charge in [-0.1, -0.05) is 29.8 Å². The topological polar surface area (TPSA) is 55.1 Å². The molecule has 1 N–H and O–H groups in total. The van der Waals surface area contributed by atoms with E-state index in [1.807, 2.05) is 30.3 Å². The van der Waals surface area contributed by atoms with E-state index in [0.29, 0.717) is 16.7 Å². The number of hydrogen-bond donors (Lipinski definition) is 1. The fourth-order valence-electron chi connectivity index (χ4n) is 1.50. The van der Waals surface area contributed by atoms with Crippen molar-refractivity contribution in [2.45, 2.75) is 0 Å². The van der Waals surface area contributed by atoms with Crippen LogP contribution in [0.5, 0.6) is 0 Å². The summed E-state index contributed by atoms with van der Waals surface area (Å²) < 4.78 is 1.56. The molecule has 0 aliphatic carbocycles. The SMILES string of the molecule is Clc1ccc2nnc(Nc3ccccc3)n2n1. The number of halogens is 1. The minimum atomic E-state index is 0.397. The molecule has 6 heteroatoms. The van der Waals surface area contributed by atoms with Crippen LogP contribution in [0.3, 0.4) is 0 Å². The summed E-state index contributed by atoms with van der Waals surface area (Å²) in [6.45, 7) is 0. The molecule has 0 atom stereocenters. The summed E-state index contributed by atoms with van der Waals surface area (Å²) >= 11 is 5.84. The van der Waals surface area contributed by atoms with Gasteiger partial charge in [-0.2, -0.15) is 9.61 Å². The molecule has 0 unspecified atom stereocenters. The van der Waals surface area contributed by atoms with Gasteiger partial charge in [0.2, 0.25) is 5.95 Å². The molecule has 0 radical (unpaired) electrons. The smallest absolute Gasteiger partial charge is 0.250 e. The molecule has 0 fully saturated rings. The maximum atomic E-state index is 5.84. The number of aromatic nitrogens is 4. The first-order chi connectivity index (χ1) is 8.33. The summed E-state index contributed by atoms with van der Waals surface area (Å²) in [6.07, 6.45) is 0. The first-order valence-corrected chi connectivity index (χ1v) is 5.41. The molecular weight excluding hydrogens is 238 g/mol. The van der Waals surface area contributed by atoms with Gasteiger partial charge in [0, 0.05) is 5.69 Å². The van der Waals surface area contributed by atoms with Crippen molar-refractivity contribution >= 4 is 28.9 Å². The standard InChI is InChI=1S/C11H8ClN5/c12-9-6-7-10-14-15-11(17(10)16-9)13-8-4-2-1-3-5-8/h1-7H,(H,13,15). The summed E-state index contributed by atoms with van der Waals surface area (Å²) in [7, 11) is 0. The predicted octanol–water partition coefficient (Wildman–Crippen LogP) is 2.52. The molecule has 3 aromatic rings. The number of benzene rings is 1. The van der Waals surface area contributed by atoms with Crippen molar-refractivity contribution in [3.05, 3.63) is 47.6 Å². The van der Waals surface area contributed by atoms with E-state index >= 15 is 0 Å². The van der Waals surface area contributed by atoms with Gasteiger partial charge in [0.1, 0.15) is 5.15 Å². The molecule has 0 aliphatic heterocycles. The lowest BCUT2D eigenvalue weighted by molar-refractivity contribution is 0.936. The maximum absolute atomic E-state index is 5.84. The highest BCUT2D eigenvalue weighted by Gasteiger charge is 2.06. The van der Waals surface area contributed by atoms with Gasteiger partial charge in [-0.3, -0.25) is 0 Å². The van der Waals surface area contributed by atoms with E-state index in [9.17, 15) is 0 Å². The zero-order valence-corrected chi connectivity index (χ0v) is 9.46. The first-order valence-electron chi connectivity index (χ1n) is 5.03. The Morgan fingerprint density at radius 1 is 1.00 bits per heavy atom. The highest BCUT2D eigenvalue weighted by molar-refractivity contribution is 6.29. The number of para-hydroxylation sites is 1. The van der Waals surface area contributed by atoms with Gasteiger partial charge in [0.05, 0.1) is 0 Å². The molecule has 17 heavy (non-hydrogen) atoms. The highest BCUT2D eigenvalue weighted by Crippen LogP contribution is 2.15. The van der Waals surface area contributed by atoms with Crippen LogP contribution in [0.1, 0.15) is 0 Å². The van der Waals surface area contributed by atoms with Crippen molar-refractivity contribution in [1.29, 1.82) is 0 Å². The minimum Gasteiger partial charge on any atom is -0.323 e. The molecule has 1 aromatic carbocycles. The van der Waals surface area contributed by atoms with Crippen LogP contribution in [0.15, 0.2) is 42.5 Å². The lowest BCUT2D eigenvalue weighted by Gasteiger charge is -2.02. The fraction of sp³-hybridized carbons (Fsp3) is 0. The van der Waals surface area contributed by atoms with Crippen LogP contribution in [0.2, 0.25) is 5.15 Å². The number of nitrogens with zero attached hydrogens (tertiary/aromatic N) is 4. The largest absolute Gasteiger partial charge is 0.323 e. The second-order valence-electron chi connectivity index (χ2n) is 3.44. The van der Waals surface area contributed by atoms with Gasteiger partial charge < -0.3 is 5.32 Å². The van der Waals surface area contributed by atoms with E-state index < -0.39 is 0 Å². The average molecular weight is 246 g/mol. The quantitative estimate of drug-likeness (QED) is 0.754. The molecule has 0 bridgehead atoms. The van der Waals surface area contributed by atoms with E-state index in [2.05, 4.69) is 20.6 Å². The molecule has 84 valence electrons. The zero-order chi connectivity index (χ0) is 11.7. The van der Waals surface area contributed by atoms with Crippen molar-refractivity contribution in [1.82, 2.24) is 19.8 Å². The second kappa shape index (κ2) is 4.03.